The monoisotopic (exact) mass is 314 g/mol. The zero-order valence-electron chi connectivity index (χ0n) is 14.3. The summed E-state index contributed by atoms with van der Waals surface area (Å²) in [7, 11) is 0. The van der Waals surface area contributed by atoms with E-state index < -0.39 is 0 Å². The van der Waals surface area contributed by atoms with Gasteiger partial charge < -0.3 is 21.7 Å². The Hall–Kier alpha value is -2.36. The lowest BCUT2D eigenvalue weighted by Gasteiger charge is -2.28. The lowest BCUT2D eigenvalue weighted by Crippen LogP contribution is -2.20. The van der Waals surface area contributed by atoms with Crippen molar-refractivity contribution >= 4 is 11.4 Å². The van der Waals surface area contributed by atoms with Crippen LogP contribution in [-0.4, -0.2) is 10.2 Å². The maximum atomic E-state index is 10.0. The molecule has 2 aromatic carbocycles. The van der Waals surface area contributed by atoms with Crippen molar-refractivity contribution in [1.82, 2.24) is 0 Å². The highest BCUT2D eigenvalue weighted by Gasteiger charge is 2.26. The first-order chi connectivity index (χ1) is 10.7. The summed E-state index contributed by atoms with van der Waals surface area (Å²) in [5.74, 6) is 0.318. The zero-order chi connectivity index (χ0) is 17.4. The van der Waals surface area contributed by atoms with Gasteiger partial charge in [0.1, 0.15) is 11.5 Å². The number of aryl methyl sites for hydroxylation is 2. The van der Waals surface area contributed by atoms with E-state index in [1.807, 2.05) is 38.1 Å². The highest BCUT2D eigenvalue weighted by Crippen LogP contribution is 2.40. The normalized spacial score (nSPS) is 11.7. The van der Waals surface area contributed by atoms with Gasteiger partial charge in [-0.2, -0.15) is 0 Å². The van der Waals surface area contributed by atoms with Crippen LogP contribution in [0.25, 0.3) is 0 Å². The van der Waals surface area contributed by atoms with E-state index in [4.69, 9.17) is 11.5 Å². The van der Waals surface area contributed by atoms with E-state index >= 15 is 0 Å². The second-order valence-corrected chi connectivity index (χ2v) is 6.48. The van der Waals surface area contributed by atoms with Crippen molar-refractivity contribution < 1.29 is 10.2 Å². The van der Waals surface area contributed by atoms with Crippen LogP contribution in [0.3, 0.4) is 0 Å². The first-order valence-electron chi connectivity index (χ1n) is 7.96. The van der Waals surface area contributed by atoms with Gasteiger partial charge >= 0.3 is 0 Å². The molecule has 0 radical (unpaired) electrons. The Morgan fingerprint density at radius 2 is 1.13 bits per heavy atom. The lowest BCUT2D eigenvalue weighted by molar-refractivity contribution is 0.470. The number of hydrogen-bond acceptors (Lipinski definition) is 4. The highest BCUT2D eigenvalue weighted by atomic mass is 16.3. The maximum absolute atomic E-state index is 10.0. The second-order valence-electron chi connectivity index (χ2n) is 6.48. The van der Waals surface area contributed by atoms with Crippen LogP contribution in [-0.2, 0) is 18.3 Å². The van der Waals surface area contributed by atoms with Crippen LogP contribution >= 0.6 is 0 Å². The molecule has 6 N–H and O–H groups in total. The molecule has 0 aliphatic heterocycles. The molecule has 0 aromatic heterocycles. The van der Waals surface area contributed by atoms with Crippen LogP contribution in [0.15, 0.2) is 24.3 Å². The molecular formula is C19H26N2O2. The molecule has 0 fully saturated rings. The Kier molecular flexibility index (Phi) is 4.46. The summed E-state index contributed by atoms with van der Waals surface area (Å²) in [6.07, 6.45) is 1.41. The fourth-order valence-electron chi connectivity index (χ4n) is 2.87. The molecule has 0 heterocycles. The van der Waals surface area contributed by atoms with Gasteiger partial charge in [-0.25, -0.2) is 0 Å². The van der Waals surface area contributed by atoms with Gasteiger partial charge in [-0.05, 0) is 47.2 Å². The second kappa shape index (κ2) is 6.03. The minimum Gasteiger partial charge on any atom is -0.506 e. The average molecular weight is 314 g/mol. The van der Waals surface area contributed by atoms with Crippen molar-refractivity contribution in [2.24, 2.45) is 0 Å². The third-order valence-electron chi connectivity index (χ3n) is 4.64. The fraction of sp³-hybridized carbons (Fsp3) is 0.368. The van der Waals surface area contributed by atoms with Crippen LogP contribution in [0, 0.1) is 0 Å². The SMILES string of the molecule is CCc1cc(C(C)(C)c2cc(N)c(O)c(CC)c2)cc(N)c1O. The first kappa shape index (κ1) is 17.0. The Morgan fingerprint density at radius 1 is 0.783 bits per heavy atom. The third kappa shape index (κ3) is 2.93. The van der Waals surface area contributed by atoms with E-state index in [1.165, 1.54) is 0 Å². The summed E-state index contributed by atoms with van der Waals surface area (Å²) < 4.78 is 0. The molecular weight excluding hydrogens is 288 g/mol. The van der Waals surface area contributed by atoms with E-state index in [-0.39, 0.29) is 16.9 Å². The predicted octanol–water partition coefficient (Wildman–Crippen LogP) is 3.71. The van der Waals surface area contributed by atoms with E-state index in [2.05, 4.69) is 13.8 Å². The number of nitrogens with two attached hydrogens (primary N) is 2. The van der Waals surface area contributed by atoms with Gasteiger partial charge in [-0.1, -0.05) is 39.8 Å². The van der Waals surface area contributed by atoms with Crippen LogP contribution in [0.1, 0.15) is 49.9 Å². The van der Waals surface area contributed by atoms with Crippen LogP contribution in [0.2, 0.25) is 0 Å². The number of anilines is 2. The summed E-state index contributed by atoms with van der Waals surface area (Å²) >= 11 is 0. The molecule has 0 saturated heterocycles. The van der Waals surface area contributed by atoms with E-state index in [9.17, 15) is 10.2 Å². The van der Waals surface area contributed by atoms with Crippen molar-refractivity contribution in [3.8, 4) is 11.5 Å². The van der Waals surface area contributed by atoms with Crippen LogP contribution in [0.4, 0.5) is 11.4 Å². The molecule has 0 aliphatic rings. The summed E-state index contributed by atoms with van der Waals surface area (Å²) in [5, 5.41) is 20.1. The van der Waals surface area contributed by atoms with Crippen molar-refractivity contribution in [2.75, 3.05) is 11.5 Å². The topological polar surface area (TPSA) is 92.5 Å². The van der Waals surface area contributed by atoms with Gasteiger partial charge in [-0.3, -0.25) is 0 Å². The number of rotatable bonds is 4. The zero-order valence-corrected chi connectivity index (χ0v) is 14.3. The maximum Gasteiger partial charge on any atom is 0.141 e. The molecule has 0 unspecified atom stereocenters. The van der Waals surface area contributed by atoms with Gasteiger partial charge in [0.05, 0.1) is 11.4 Å². The number of benzene rings is 2. The van der Waals surface area contributed by atoms with Crippen molar-refractivity contribution in [2.45, 2.75) is 46.0 Å². The molecule has 0 amide bonds. The standard InChI is InChI=1S/C19H26N2O2/c1-5-11-7-13(9-15(20)17(11)22)19(3,4)14-8-12(6-2)18(23)16(21)10-14/h7-10,22-23H,5-6,20-21H2,1-4H3. The molecule has 4 nitrogen and oxygen atoms in total. The first-order valence-corrected chi connectivity index (χ1v) is 7.96. The van der Waals surface area contributed by atoms with Crippen molar-refractivity contribution in [1.29, 1.82) is 0 Å². The molecule has 0 bridgehead atoms. The fourth-order valence-corrected chi connectivity index (χ4v) is 2.87. The largest absolute Gasteiger partial charge is 0.506 e. The molecule has 2 aromatic rings. The number of phenolic OH excluding ortho intramolecular Hbond substituents is 2. The molecule has 4 heteroatoms. The molecule has 0 atom stereocenters. The predicted molar refractivity (Wildman–Crippen MR) is 95.9 cm³/mol. The molecule has 0 saturated carbocycles. The Bertz CT molecular complexity index is 675. The quantitative estimate of drug-likeness (QED) is 0.511. The van der Waals surface area contributed by atoms with E-state index in [0.29, 0.717) is 24.2 Å². The molecule has 23 heavy (non-hydrogen) atoms. The highest BCUT2D eigenvalue weighted by molar-refractivity contribution is 5.63. The lowest BCUT2D eigenvalue weighted by atomic mass is 9.76. The van der Waals surface area contributed by atoms with Crippen LogP contribution < -0.4 is 11.5 Å². The van der Waals surface area contributed by atoms with Gasteiger partial charge in [0.25, 0.3) is 0 Å². The average Bonchev–Trinajstić information content (AvgIpc) is 2.52. The molecule has 124 valence electrons. The molecule has 0 aliphatic carbocycles. The van der Waals surface area contributed by atoms with Gasteiger partial charge in [-0.15, -0.1) is 0 Å². The summed E-state index contributed by atoms with van der Waals surface area (Å²) in [5.41, 5.74) is 16.0. The van der Waals surface area contributed by atoms with Gasteiger partial charge in [0.15, 0.2) is 0 Å². The van der Waals surface area contributed by atoms with Gasteiger partial charge in [0.2, 0.25) is 0 Å². The van der Waals surface area contributed by atoms with E-state index in [0.717, 1.165) is 22.3 Å². The minimum absolute atomic E-state index is 0.159. The van der Waals surface area contributed by atoms with Gasteiger partial charge in [0, 0.05) is 5.41 Å². The number of aromatic hydroxyl groups is 2. The Morgan fingerprint density at radius 3 is 1.43 bits per heavy atom. The Labute approximate surface area is 137 Å². The molecule has 0 spiro atoms. The smallest absolute Gasteiger partial charge is 0.141 e. The third-order valence-corrected chi connectivity index (χ3v) is 4.64. The molecule has 2 rings (SSSR count). The van der Waals surface area contributed by atoms with Crippen molar-refractivity contribution in [3.63, 3.8) is 0 Å². The summed E-state index contributed by atoms with van der Waals surface area (Å²) in [6.45, 7) is 8.14. The van der Waals surface area contributed by atoms with Crippen molar-refractivity contribution in [3.05, 3.63) is 46.5 Å². The number of hydrogen-bond donors (Lipinski definition) is 4. The summed E-state index contributed by atoms with van der Waals surface area (Å²) in [6, 6.07) is 7.59. The number of nitrogen functional groups attached to an aromatic ring is 2. The van der Waals surface area contributed by atoms with Crippen LogP contribution in [0.5, 0.6) is 11.5 Å². The van der Waals surface area contributed by atoms with E-state index in [1.54, 1.807) is 0 Å². The summed E-state index contributed by atoms with van der Waals surface area (Å²) in [4.78, 5) is 0. The minimum atomic E-state index is -0.350. The Balaban J connectivity index is 2.63. The number of phenols is 2.